The lowest BCUT2D eigenvalue weighted by Crippen LogP contribution is -2.48. The van der Waals surface area contributed by atoms with Crippen molar-refractivity contribution in [2.24, 2.45) is 0 Å². The van der Waals surface area contributed by atoms with Crippen molar-refractivity contribution in [1.29, 1.82) is 0 Å². The van der Waals surface area contributed by atoms with Gasteiger partial charge in [-0.15, -0.1) is 0 Å². The van der Waals surface area contributed by atoms with Gasteiger partial charge in [0, 0.05) is 32.7 Å². The van der Waals surface area contributed by atoms with Gasteiger partial charge in [0.25, 0.3) is 0 Å². The van der Waals surface area contributed by atoms with Crippen LogP contribution in [-0.4, -0.2) is 66.8 Å². The summed E-state index contributed by atoms with van der Waals surface area (Å²) in [6.07, 6.45) is -0.306. The highest BCUT2D eigenvalue weighted by molar-refractivity contribution is 5.85. The third-order valence-electron chi connectivity index (χ3n) is 5.10. The summed E-state index contributed by atoms with van der Waals surface area (Å²) < 4.78 is 5.71. The maximum atomic E-state index is 13.1. The molecule has 2 aromatic carbocycles. The summed E-state index contributed by atoms with van der Waals surface area (Å²) in [6.45, 7) is 6.49. The SMILES string of the molecule is CC(CN1CCN(C)CC1)OC(=O)C(O)(c1ccccc1)c1ccccc1. The van der Waals surface area contributed by atoms with Crippen molar-refractivity contribution in [3.8, 4) is 0 Å². The molecule has 2 aromatic rings. The molecular formula is C22H28N2O3. The maximum absolute atomic E-state index is 13.1. The molecule has 5 nitrogen and oxygen atoms in total. The highest BCUT2D eigenvalue weighted by atomic mass is 16.6. The Kier molecular flexibility index (Phi) is 6.26. The van der Waals surface area contributed by atoms with E-state index in [0.29, 0.717) is 17.7 Å². The molecule has 0 aliphatic carbocycles. The van der Waals surface area contributed by atoms with Gasteiger partial charge in [0.15, 0.2) is 0 Å². The molecule has 3 rings (SSSR count). The lowest BCUT2D eigenvalue weighted by atomic mass is 9.86. The number of hydrogen-bond donors (Lipinski definition) is 1. The number of carbonyl (C=O) groups excluding carboxylic acids is 1. The predicted molar refractivity (Wildman–Crippen MR) is 105 cm³/mol. The smallest absolute Gasteiger partial charge is 0.348 e. The molecule has 1 aliphatic heterocycles. The van der Waals surface area contributed by atoms with Crippen molar-refractivity contribution in [1.82, 2.24) is 9.80 Å². The topological polar surface area (TPSA) is 53.0 Å². The Morgan fingerprint density at radius 3 is 1.96 bits per heavy atom. The molecule has 27 heavy (non-hydrogen) atoms. The Morgan fingerprint density at radius 1 is 1.00 bits per heavy atom. The van der Waals surface area contributed by atoms with E-state index in [0.717, 1.165) is 26.2 Å². The van der Waals surface area contributed by atoms with Crippen LogP contribution in [0.5, 0.6) is 0 Å². The van der Waals surface area contributed by atoms with Gasteiger partial charge in [0.1, 0.15) is 6.10 Å². The number of ether oxygens (including phenoxy) is 1. The van der Waals surface area contributed by atoms with Crippen LogP contribution in [-0.2, 0) is 15.1 Å². The highest BCUT2D eigenvalue weighted by Crippen LogP contribution is 2.31. The Morgan fingerprint density at radius 2 is 1.48 bits per heavy atom. The Hall–Kier alpha value is -2.21. The number of nitrogens with zero attached hydrogens (tertiary/aromatic N) is 2. The van der Waals surface area contributed by atoms with Gasteiger partial charge >= 0.3 is 5.97 Å². The molecule has 144 valence electrons. The summed E-state index contributed by atoms with van der Waals surface area (Å²) in [4.78, 5) is 17.7. The van der Waals surface area contributed by atoms with E-state index >= 15 is 0 Å². The van der Waals surface area contributed by atoms with Gasteiger partial charge in [-0.2, -0.15) is 0 Å². The molecule has 1 unspecified atom stereocenters. The number of likely N-dealkylation sites (N-methyl/N-ethyl adjacent to an activating group) is 1. The summed E-state index contributed by atoms with van der Waals surface area (Å²) in [5.41, 5.74) is -0.806. The number of hydrogen-bond acceptors (Lipinski definition) is 5. The largest absolute Gasteiger partial charge is 0.459 e. The fourth-order valence-corrected chi connectivity index (χ4v) is 3.46. The van der Waals surface area contributed by atoms with Crippen LogP contribution in [0.3, 0.4) is 0 Å². The molecule has 0 amide bonds. The van der Waals surface area contributed by atoms with Crippen LogP contribution >= 0.6 is 0 Å². The van der Waals surface area contributed by atoms with E-state index in [-0.39, 0.29) is 6.10 Å². The van der Waals surface area contributed by atoms with E-state index in [1.807, 2.05) is 43.3 Å². The first-order valence-electron chi connectivity index (χ1n) is 9.45. The second-order valence-corrected chi connectivity index (χ2v) is 7.26. The van der Waals surface area contributed by atoms with Crippen molar-refractivity contribution >= 4 is 5.97 Å². The van der Waals surface area contributed by atoms with E-state index in [2.05, 4.69) is 16.8 Å². The molecule has 1 atom stereocenters. The van der Waals surface area contributed by atoms with Gasteiger partial charge in [-0.1, -0.05) is 60.7 Å². The zero-order valence-electron chi connectivity index (χ0n) is 16.0. The minimum absolute atomic E-state index is 0.306. The maximum Gasteiger partial charge on any atom is 0.348 e. The summed E-state index contributed by atoms with van der Waals surface area (Å²) in [5.74, 6) is -0.637. The van der Waals surface area contributed by atoms with Gasteiger partial charge < -0.3 is 14.7 Å². The predicted octanol–water partition coefficient (Wildman–Crippen LogP) is 2.10. The first-order valence-corrected chi connectivity index (χ1v) is 9.45. The van der Waals surface area contributed by atoms with Crippen molar-refractivity contribution < 1.29 is 14.6 Å². The van der Waals surface area contributed by atoms with Crippen molar-refractivity contribution in [3.05, 3.63) is 71.8 Å². The average molecular weight is 368 g/mol. The van der Waals surface area contributed by atoms with Crippen molar-refractivity contribution in [2.45, 2.75) is 18.6 Å². The van der Waals surface area contributed by atoms with Gasteiger partial charge in [-0.3, -0.25) is 4.90 Å². The summed E-state index contributed by atoms with van der Waals surface area (Å²) in [7, 11) is 2.11. The minimum Gasteiger partial charge on any atom is -0.459 e. The third-order valence-corrected chi connectivity index (χ3v) is 5.10. The lowest BCUT2D eigenvalue weighted by Gasteiger charge is -2.34. The Balaban J connectivity index is 1.76. The number of rotatable bonds is 6. The van der Waals surface area contributed by atoms with Crippen LogP contribution in [0.4, 0.5) is 0 Å². The lowest BCUT2D eigenvalue weighted by molar-refractivity contribution is -0.168. The second kappa shape index (κ2) is 8.65. The van der Waals surface area contributed by atoms with Gasteiger partial charge in [0.05, 0.1) is 0 Å². The number of piperazine rings is 1. The van der Waals surface area contributed by atoms with Gasteiger partial charge in [0.2, 0.25) is 5.60 Å². The number of benzene rings is 2. The average Bonchev–Trinajstić information content (AvgIpc) is 2.70. The zero-order chi connectivity index (χ0) is 19.3. The van der Waals surface area contributed by atoms with Crippen LogP contribution in [0.2, 0.25) is 0 Å². The first-order chi connectivity index (χ1) is 13.0. The standard InChI is InChI=1S/C22H28N2O3/c1-18(17-24-15-13-23(2)14-16-24)27-21(25)22(26,19-9-5-3-6-10-19)20-11-7-4-8-12-20/h3-12,18,26H,13-17H2,1-2H3. The monoisotopic (exact) mass is 368 g/mol. The molecule has 1 heterocycles. The van der Waals surface area contributed by atoms with Crippen molar-refractivity contribution in [3.63, 3.8) is 0 Å². The molecular weight excluding hydrogens is 340 g/mol. The molecule has 1 aliphatic rings. The fourth-order valence-electron chi connectivity index (χ4n) is 3.46. The van der Waals surface area contributed by atoms with E-state index in [1.165, 1.54) is 0 Å². The zero-order valence-corrected chi connectivity index (χ0v) is 16.0. The fraction of sp³-hybridized carbons (Fsp3) is 0.409. The van der Waals surface area contributed by atoms with Gasteiger partial charge in [-0.25, -0.2) is 4.79 Å². The van der Waals surface area contributed by atoms with Gasteiger partial charge in [-0.05, 0) is 25.1 Å². The third kappa shape index (κ3) is 4.56. The minimum atomic E-state index is -1.82. The second-order valence-electron chi connectivity index (χ2n) is 7.26. The summed E-state index contributed by atoms with van der Waals surface area (Å²) >= 11 is 0. The molecule has 0 bridgehead atoms. The number of esters is 1. The highest BCUT2D eigenvalue weighted by Gasteiger charge is 2.42. The van der Waals surface area contributed by atoms with Crippen LogP contribution in [0, 0.1) is 0 Å². The Bertz CT molecular complexity index is 688. The number of carbonyl (C=O) groups is 1. The normalized spacial score (nSPS) is 17.4. The molecule has 1 N–H and O–H groups in total. The van der Waals surface area contributed by atoms with Crippen LogP contribution < -0.4 is 0 Å². The summed E-state index contributed by atoms with van der Waals surface area (Å²) in [5, 5.41) is 11.4. The van der Waals surface area contributed by atoms with Crippen LogP contribution in [0.1, 0.15) is 18.1 Å². The van der Waals surface area contributed by atoms with Crippen LogP contribution in [0.15, 0.2) is 60.7 Å². The molecule has 1 fully saturated rings. The molecule has 5 heteroatoms. The quantitative estimate of drug-likeness (QED) is 0.792. The van der Waals surface area contributed by atoms with E-state index < -0.39 is 11.6 Å². The van der Waals surface area contributed by atoms with E-state index in [4.69, 9.17) is 4.74 Å². The van der Waals surface area contributed by atoms with E-state index in [9.17, 15) is 9.90 Å². The van der Waals surface area contributed by atoms with Crippen molar-refractivity contribution in [2.75, 3.05) is 39.8 Å². The molecule has 0 radical (unpaired) electrons. The van der Waals surface area contributed by atoms with Crippen LogP contribution in [0.25, 0.3) is 0 Å². The Labute approximate surface area is 161 Å². The molecule has 0 aromatic heterocycles. The molecule has 0 spiro atoms. The van der Waals surface area contributed by atoms with E-state index in [1.54, 1.807) is 24.3 Å². The molecule has 0 saturated carbocycles. The molecule has 1 saturated heterocycles. The first kappa shape index (κ1) is 19.5. The number of aliphatic hydroxyl groups is 1. The summed E-state index contributed by atoms with van der Waals surface area (Å²) in [6, 6.07) is 18.0.